The monoisotopic (exact) mass is 200 g/mol. The molecule has 1 fully saturated rings. The van der Waals surface area contributed by atoms with Crippen LogP contribution in [0, 0.1) is 5.82 Å². The van der Waals surface area contributed by atoms with E-state index in [-0.39, 0.29) is 5.82 Å². The van der Waals surface area contributed by atoms with Crippen molar-refractivity contribution in [2.45, 2.75) is 4.58 Å². The van der Waals surface area contributed by atoms with Crippen molar-refractivity contribution in [2.75, 3.05) is 11.5 Å². The summed E-state index contributed by atoms with van der Waals surface area (Å²) in [5.74, 6) is 2.22. The molecular weight excluding hydrogens is 191 g/mol. The first-order chi connectivity index (χ1) is 5.88. The van der Waals surface area contributed by atoms with Gasteiger partial charge in [-0.25, -0.2) is 4.39 Å². The van der Waals surface area contributed by atoms with Crippen LogP contribution in [0.4, 0.5) is 4.39 Å². The molecule has 0 N–H and O–H groups in total. The van der Waals surface area contributed by atoms with Crippen molar-refractivity contribution in [3.8, 4) is 0 Å². The maximum atomic E-state index is 13.2. The molecule has 0 nitrogen and oxygen atoms in total. The van der Waals surface area contributed by atoms with Crippen LogP contribution in [0.1, 0.15) is 10.1 Å². The lowest BCUT2D eigenvalue weighted by Crippen LogP contribution is -1.89. The van der Waals surface area contributed by atoms with Crippen LogP contribution >= 0.6 is 23.5 Å². The highest BCUT2D eigenvalue weighted by atomic mass is 32.2. The maximum absolute atomic E-state index is 13.2. The molecule has 0 bridgehead atoms. The fourth-order valence-corrected chi connectivity index (χ4v) is 4.11. The number of halogens is 1. The number of hydrogen-bond donors (Lipinski definition) is 0. The second-order valence-electron chi connectivity index (χ2n) is 2.60. The van der Waals surface area contributed by atoms with E-state index in [1.54, 1.807) is 6.07 Å². The maximum Gasteiger partial charge on any atom is 0.128 e. The molecular formula is C9H9FS2. The smallest absolute Gasteiger partial charge is 0.128 e. The minimum absolute atomic E-state index is 0.0654. The average Bonchev–Trinajstić information content (AvgIpc) is 2.57. The largest absolute Gasteiger partial charge is 0.207 e. The zero-order chi connectivity index (χ0) is 8.39. The summed E-state index contributed by atoms with van der Waals surface area (Å²) in [7, 11) is 0. The Morgan fingerprint density at radius 3 is 2.50 bits per heavy atom. The van der Waals surface area contributed by atoms with E-state index in [1.165, 1.54) is 6.07 Å². The van der Waals surface area contributed by atoms with Gasteiger partial charge in [0.2, 0.25) is 0 Å². The first-order valence-electron chi connectivity index (χ1n) is 3.85. The van der Waals surface area contributed by atoms with E-state index in [1.807, 2.05) is 35.7 Å². The van der Waals surface area contributed by atoms with Gasteiger partial charge in [-0.05, 0) is 6.07 Å². The molecule has 0 unspecified atom stereocenters. The summed E-state index contributed by atoms with van der Waals surface area (Å²) >= 11 is 3.67. The Hall–Kier alpha value is -0.150. The highest BCUT2D eigenvalue weighted by molar-refractivity contribution is 8.19. The molecule has 0 atom stereocenters. The average molecular weight is 200 g/mol. The van der Waals surface area contributed by atoms with Crippen molar-refractivity contribution in [1.82, 2.24) is 0 Å². The molecule has 64 valence electrons. The molecule has 1 heterocycles. The minimum Gasteiger partial charge on any atom is -0.207 e. The van der Waals surface area contributed by atoms with Gasteiger partial charge in [0.25, 0.3) is 0 Å². The van der Waals surface area contributed by atoms with Crippen LogP contribution in [-0.4, -0.2) is 11.5 Å². The summed E-state index contributed by atoms with van der Waals surface area (Å²) in [5, 5.41) is 0. The Kier molecular flexibility index (Phi) is 2.61. The van der Waals surface area contributed by atoms with Crippen LogP contribution in [0.25, 0.3) is 0 Å². The Balaban J connectivity index is 2.26. The molecule has 1 aromatic carbocycles. The van der Waals surface area contributed by atoms with E-state index < -0.39 is 0 Å². The summed E-state index contributed by atoms with van der Waals surface area (Å²) in [6.45, 7) is 0. The van der Waals surface area contributed by atoms with Crippen LogP contribution in [0.15, 0.2) is 24.3 Å². The lowest BCUT2D eigenvalue weighted by Gasteiger charge is -2.08. The van der Waals surface area contributed by atoms with Crippen molar-refractivity contribution < 1.29 is 4.39 Å². The third-order valence-corrected chi connectivity index (χ3v) is 4.85. The third-order valence-electron chi connectivity index (χ3n) is 1.78. The van der Waals surface area contributed by atoms with Gasteiger partial charge in [-0.2, -0.15) is 0 Å². The fourth-order valence-electron chi connectivity index (χ4n) is 1.20. The Labute approximate surface area is 79.9 Å². The zero-order valence-electron chi connectivity index (χ0n) is 6.50. The van der Waals surface area contributed by atoms with Gasteiger partial charge in [0, 0.05) is 17.1 Å². The highest BCUT2D eigenvalue weighted by Gasteiger charge is 2.20. The molecule has 0 saturated carbocycles. The minimum atomic E-state index is -0.0654. The molecule has 0 radical (unpaired) electrons. The molecule has 3 heteroatoms. The second-order valence-corrected chi connectivity index (χ2v) is 5.32. The van der Waals surface area contributed by atoms with Crippen molar-refractivity contribution in [2.24, 2.45) is 0 Å². The first-order valence-corrected chi connectivity index (χ1v) is 5.95. The standard InChI is InChI=1S/C9H9FS2/c10-8-4-2-1-3-7(8)9-11-5-6-12-9/h1-4,9H,5-6H2. The Bertz CT molecular complexity index is 269. The van der Waals surface area contributed by atoms with Gasteiger partial charge >= 0.3 is 0 Å². The fraction of sp³-hybridized carbons (Fsp3) is 0.333. The van der Waals surface area contributed by atoms with E-state index in [4.69, 9.17) is 0 Å². The number of hydrogen-bond acceptors (Lipinski definition) is 2. The molecule has 1 aliphatic rings. The van der Waals surface area contributed by atoms with E-state index in [2.05, 4.69) is 0 Å². The lowest BCUT2D eigenvalue weighted by atomic mass is 10.2. The normalized spacial score (nSPS) is 18.4. The van der Waals surface area contributed by atoms with Crippen molar-refractivity contribution >= 4 is 23.5 Å². The van der Waals surface area contributed by atoms with E-state index in [9.17, 15) is 4.39 Å². The number of benzene rings is 1. The first kappa shape index (κ1) is 8.45. The van der Waals surface area contributed by atoms with Gasteiger partial charge in [-0.1, -0.05) is 18.2 Å². The molecule has 1 saturated heterocycles. The molecule has 2 rings (SSSR count). The predicted molar refractivity (Wildman–Crippen MR) is 54.1 cm³/mol. The van der Waals surface area contributed by atoms with E-state index in [0.29, 0.717) is 4.58 Å². The molecule has 0 amide bonds. The van der Waals surface area contributed by atoms with Crippen LogP contribution < -0.4 is 0 Å². The SMILES string of the molecule is Fc1ccccc1C1SCCS1. The van der Waals surface area contributed by atoms with Gasteiger partial charge in [-0.15, -0.1) is 23.5 Å². The number of rotatable bonds is 1. The van der Waals surface area contributed by atoms with Crippen LogP contribution in [0.5, 0.6) is 0 Å². The van der Waals surface area contributed by atoms with Crippen molar-refractivity contribution in [3.63, 3.8) is 0 Å². The van der Waals surface area contributed by atoms with Gasteiger partial charge in [0.05, 0.1) is 4.58 Å². The Morgan fingerprint density at radius 1 is 1.17 bits per heavy atom. The number of thioether (sulfide) groups is 2. The van der Waals surface area contributed by atoms with Crippen LogP contribution in [-0.2, 0) is 0 Å². The quantitative estimate of drug-likeness (QED) is 0.682. The summed E-state index contributed by atoms with van der Waals surface area (Å²) in [4.78, 5) is 0. The predicted octanol–water partition coefficient (Wildman–Crippen LogP) is 3.30. The summed E-state index contributed by atoms with van der Waals surface area (Å²) in [6.07, 6.45) is 0. The highest BCUT2D eigenvalue weighted by Crippen LogP contribution is 2.45. The molecule has 1 aliphatic heterocycles. The molecule has 0 spiro atoms. The molecule has 1 aromatic rings. The third kappa shape index (κ3) is 1.62. The van der Waals surface area contributed by atoms with E-state index >= 15 is 0 Å². The van der Waals surface area contributed by atoms with Crippen molar-refractivity contribution in [3.05, 3.63) is 35.6 Å². The molecule has 0 aliphatic carbocycles. The van der Waals surface area contributed by atoms with Crippen LogP contribution in [0.2, 0.25) is 0 Å². The van der Waals surface area contributed by atoms with Gasteiger partial charge in [0.1, 0.15) is 5.82 Å². The summed E-state index contributed by atoms with van der Waals surface area (Å²) < 4.78 is 13.5. The van der Waals surface area contributed by atoms with Gasteiger partial charge in [0.15, 0.2) is 0 Å². The van der Waals surface area contributed by atoms with Crippen LogP contribution in [0.3, 0.4) is 0 Å². The van der Waals surface area contributed by atoms with Gasteiger partial charge in [-0.3, -0.25) is 0 Å². The lowest BCUT2D eigenvalue weighted by molar-refractivity contribution is 0.617. The zero-order valence-corrected chi connectivity index (χ0v) is 8.13. The Morgan fingerprint density at radius 2 is 1.83 bits per heavy atom. The van der Waals surface area contributed by atoms with Gasteiger partial charge < -0.3 is 0 Å². The topological polar surface area (TPSA) is 0 Å². The molecule has 0 aromatic heterocycles. The van der Waals surface area contributed by atoms with E-state index in [0.717, 1.165) is 17.1 Å². The summed E-state index contributed by atoms with van der Waals surface area (Å²) in [6, 6.07) is 7.06. The summed E-state index contributed by atoms with van der Waals surface area (Å²) in [5.41, 5.74) is 0.852. The molecule has 12 heavy (non-hydrogen) atoms. The second kappa shape index (κ2) is 3.71. The van der Waals surface area contributed by atoms with Crippen molar-refractivity contribution in [1.29, 1.82) is 0 Å².